The number of anilines is 1. The van der Waals surface area contributed by atoms with Gasteiger partial charge in [0.1, 0.15) is 0 Å². The van der Waals surface area contributed by atoms with Crippen LogP contribution < -0.4 is 14.8 Å². The van der Waals surface area contributed by atoms with E-state index in [4.69, 9.17) is 14.0 Å². The molecule has 2 aromatic carbocycles. The molecule has 0 amide bonds. The van der Waals surface area contributed by atoms with E-state index in [0.717, 1.165) is 39.2 Å². The summed E-state index contributed by atoms with van der Waals surface area (Å²) in [6.45, 7) is 4.01. The van der Waals surface area contributed by atoms with Crippen LogP contribution in [0.4, 0.5) is 5.88 Å². The predicted octanol–water partition coefficient (Wildman–Crippen LogP) is 5.27. The molecule has 1 aliphatic carbocycles. The van der Waals surface area contributed by atoms with Crippen LogP contribution in [0.25, 0.3) is 0 Å². The van der Waals surface area contributed by atoms with Gasteiger partial charge in [0.15, 0.2) is 17.3 Å². The molecule has 1 aliphatic heterocycles. The van der Waals surface area contributed by atoms with Crippen LogP contribution in [0.15, 0.2) is 58.3 Å². The number of ether oxygens (including phenoxy) is 2. The fraction of sp³-hybridized carbons (Fsp3) is 0.308. The molecule has 6 nitrogen and oxygen atoms in total. The lowest BCUT2D eigenvalue weighted by atomic mass is 9.71. The Morgan fingerprint density at radius 1 is 1.03 bits per heavy atom. The van der Waals surface area contributed by atoms with Crippen LogP contribution in [0.2, 0.25) is 0 Å². The maximum Gasteiger partial charge on any atom is 0.233 e. The Balaban J connectivity index is 1.59. The number of aryl methyl sites for hydroxylation is 2. The first-order chi connectivity index (χ1) is 15.5. The molecule has 0 fully saturated rings. The zero-order valence-electron chi connectivity index (χ0n) is 18.7. The molecule has 164 valence electrons. The Bertz CT molecular complexity index is 1240. The van der Waals surface area contributed by atoms with Crippen LogP contribution in [0.5, 0.6) is 11.5 Å². The molecule has 3 aromatic rings. The van der Waals surface area contributed by atoms with Gasteiger partial charge in [-0.1, -0.05) is 35.5 Å². The highest BCUT2D eigenvalue weighted by Gasteiger charge is 2.41. The van der Waals surface area contributed by atoms with E-state index in [1.165, 1.54) is 0 Å². The van der Waals surface area contributed by atoms with Gasteiger partial charge in [0, 0.05) is 23.6 Å². The first-order valence-electron chi connectivity index (χ1n) is 10.8. The summed E-state index contributed by atoms with van der Waals surface area (Å²) in [7, 11) is 3.24. The van der Waals surface area contributed by atoms with Crippen molar-refractivity contribution in [1.82, 2.24) is 5.16 Å². The molecular weight excluding hydrogens is 404 g/mol. The predicted molar refractivity (Wildman–Crippen MR) is 121 cm³/mol. The van der Waals surface area contributed by atoms with E-state index in [0.29, 0.717) is 30.2 Å². The molecule has 2 aliphatic rings. The van der Waals surface area contributed by atoms with Crippen LogP contribution in [0.1, 0.15) is 52.6 Å². The molecular formula is C26H26N2O4. The highest BCUT2D eigenvalue weighted by molar-refractivity contribution is 6.01. The SMILES string of the molecule is COc1ccc(C2CC(=O)C3=C(C2)Nc2onc(C)c2C3c2ccccc2C)cc1OC. The third kappa shape index (κ3) is 3.18. The number of nitrogens with one attached hydrogen (secondary N) is 1. The maximum absolute atomic E-state index is 13.6. The minimum absolute atomic E-state index is 0.0386. The number of nitrogens with zero attached hydrogens (tertiary/aromatic N) is 1. The van der Waals surface area contributed by atoms with E-state index >= 15 is 0 Å². The van der Waals surface area contributed by atoms with Crippen LogP contribution in [0, 0.1) is 13.8 Å². The second kappa shape index (κ2) is 7.86. The molecule has 0 bridgehead atoms. The number of rotatable bonds is 4. The summed E-state index contributed by atoms with van der Waals surface area (Å²) in [6.07, 6.45) is 1.15. The number of methoxy groups -OCH3 is 2. The van der Waals surface area contributed by atoms with Gasteiger partial charge in [-0.25, -0.2) is 0 Å². The number of hydrogen-bond acceptors (Lipinski definition) is 6. The van der Waals surface area contributed by atoms with Crippen LogP contribution in [-0.4, -0.2) is 25.2 Å². The molecule has 1 N–H and O–H groups in total. The number of ketones is 1. The van der Waals surface area contributed by atoms with Gasteiger partial charge in [0.2, 0.25) is 5.88 Å². The third-order valence-electron chi connectivity index (χ3n) is 6.64. The molecule has 0 spiro atoms. The Kier molecular flexibility index (Phi) is 5.00. The van der Waals surface area contributed by atoms with E-state index in [1.807, 2.05) is 37.3 Å². The van der Waals surface area contributed by atoms with Gasteiger partial charge >= 0.3 is 0 Å². The van der Waals surface area contributed by atoms with E-state index < -0.39 is 0 Å². The van der Waals surface area contributed by atoms with Crippen molar-refractivity contribution in [2.75, 3.05) is 19.5 Å². The summed E-state index contributed by atoms with van der Waals surface area (Å²) in [5, 5.41) is 7.59. The van der Waals surface area contributed by atoms with Crippen molar-refractivity contribution in [3.05, 3.63) is 81.7 Å². The lowest BCUT2D eigenvalue weighted by Crippen LogP contribution is -2.29. The first kappa shape index (κ1) is 20.4. The van der Waals surface area contributed by atoms with Gasteiger partial charge in [0.05, 0.1) is 25.5 Å². The van der Waals surface area contributed by atoms with E-state index in [1.54, 1.807) is 14.2 Å². The lowest BCUT2D eigenvalue weighted by molar-refractivity contribution is -0.116. The maximum atomic E-state index is 13.6. The number of carbonyl (C=O) groups is 1. The summed E-state index contributed by atoms with van der Waals surface area (Å²) in [4.78, 5) is 13.6. The van der Waals surface area contributed by atoms with E-state index in [2.05, 4.69) is 29.5 Å². The third-order valence-corrected chi connectivity index (χ3v) is 6.64. The summed E-state index contributed by atoms with van der Waals surface area (Å²) in [5.41, 5.74) is 6.82. The van der Waals surface area contributed by atoms with Gasteiger partial charge < -0.3 is 19.3 Å². The summed E-state index contributed by atoms with van der Waals surface area (Å²) < 4.78 is 16.5. The van der Waals surface area contributed by atoms with Gasteiger partial charge in [-0.05, 0) is 55.0 Å². The number of benzene rings is 2. The van der Waals surface area contributed by atoms with Crippen LogP contribution >= 0.6 is 0 Å². The van der Waals surface area contributed by atoms with Crippen LogP contribution in [-0.2, 0) is 4.79 Å². The monoisotopic (exact) mass is 430 g/mol. The summed E-state index contributed by atoms with van der Waals surface area (Å²) >= 11 is 0. The second-order valence-corrected chi connectivity index (χ2v) is 8.46. The topological polar surface area (TPSA) is 73.6 Å². The number of hydrogen-bond donors (Lipinski definition) is 1. The normalized spacial score (nSPS) is 19.8. The highest BCUT2D eigenvalue weighted by Crippen LogP contribution is 2.50. The number of carbonyl (C=O) groups excluding carboxylic acids is 1. The smallest absolute Gasteiger partial charge is 0.233 e. The molecule has 5 rings (SSSR count). The van der Waals surface area contributed by atoms with E-state index in [-0.39, 0.29) is 17.6 Å². The van der Waals surface area contributed by atoms with Crippen molar-refractivity contribution in [3.8, 4) is 11.5 Å². The Morgan fingerprint density at radius 3 is 2.56 bits per heavy atom. The zero-order chi connectivity index (χ0) is 22.4. The summed E-state index contributed by atoms with van der Waals surface area (Å²) in [5.74, 6) is 1.99. The lowest BCUT2D eigenvalue weighted by Gasteiger charge is -2.35. The molecule has 32 heavy (non-hydrogen) atoms. The second-order valence-electron chi connectivity index (χ2n) is 8.46. The Labute approximate surface area is 187 Å². The number of Topliss-reactive ketones (excluding diaryl/α,β-unsaturated/α-hetero) is 1. The fourth-order valence-electron chi connectivity index (χ4n) is 5.04. The molecule has 2 atom stereocenters. The number of allylic oxidation sites excluding steroid dienone is 2. The van der Waals surface area contributed by atoms with Gasteiger partial charge in [-0.2, -0.15) is 0 Å². The standard InChI is InChI=1S/C26H26N2O4/c1-14-7-5-6-8-18(14)24-23-15(2)28-32-26(23)27-19-11-17(12-20(29)25(19)24)16-9-10-21(30-3)22(13-16)31-4/h5-10,13,17,24,27H,11-12H2,1-4H3. The highest BCUT2D eigenvalue weighted by atomic mass is 16.5. The van der Waals surface area contributed by atoms with Gasteiger partial charge in [-0.3, -0.25) is 4.79 Å². The van der Waals surface area contributed by atoms with Crippen molar-refractivity contribution < 1.29 is 18.8 Å². The molecule has 2 unspecified atom stereocenters. The average molecular weight is 431 g/mol. The van der Waals surface area contributed by atoms with Crippen molar-refractivity contribution in [3.63, 3.8) is 0 Å². The Morgan fingerprint density at radius 2 is 1.81 bits per heavy atom. The first-order valence-corrected chi connectivity index (χ1v) is 10.8. The molecule has 0 saturated carbocycles. The molecule has 1 aromatic heterocycles. The van der Waals surface area contributed by atoms with Gasteiger partial charge in [0.25, 0.3) is 0 Å². The summed E-state index contributed by atoms with van der Waals surface area (Å²) in [6, 6.07) is 14.1. The Hall–Kier alpha value is -3.54. The quantitative estimate of drug-likeness (QED) is 0.608. The van der Waals surface area contributed by atoms with E-state index in [9.17, 15) is 4.79 Å². The van der Waals surface area contributed by atoms with Crippen molar-refractivity contribution in [2.45, 2.75) is 38.5 Å². The zero-order valence-corrected chi connectivity index (χ0v) is 18.7. The largest absolute Gasteiger partial charge is 0.493 e. The van der Waals surface area contributed by atoms with Gasteiger partial charge in [-0.15, -0.1) is 0 Å². The molecule has 0 saturated heterocycles. The molecule has 6 heteroatoms. The molecule has 2 heterocycles. The molecule has 0 radical (unpaired) electrons. The fourth-order valence-corrected chi connectivity index (χ4v) is 5.04. The average Bonchev–Trinajstić information content (AvgIpc) is 3.17. The van der Waals surface area contributed by atoms with Crippen molar-refractivity contribution >= 4 is 11.7 Å². The van der Waals surface area contributed by atoms with Crippen molar-refractivity contribution in [2.24, 2.45) is 0 Å². The number of aromatic nitrogens is 1. The minimum atomic E-state index is -0.174. The number of fused-ring (bicyclic) bond motifs is 1. The van der Waals surface area contributed by atoms with Crippen LogP contribution in [0.3, 0.4) is 0 Å². The minimum Gasteiger partial charge on any atom is -0.493 e. The van der Waals surface area contributed by atoms with Crippen molar-refractivity contribution in [1.29, 1.82) is 0 Å².